The van der Waals surface area contributed by atoms with Gasteiger partial charge < -0.3 is 15.3 Å². The van der Waals surface area contributed by atoms with Gasteiger partial charge in [0, 0.05) is 26.2 Å². The van der Waals surface area contributed by atoms with Crippen LogP contribution in [-0.4, -0.2) is 54.7 Å². The molecule has 3 amide bonds. The molecule has 142 valence electrons. The Labute approximate surface area is 156 Å². The maximum Gasteiger partial charge on any atom is 0.326 e. The third-order valence-electron chi connectivity index (χ3n) is 4.34. The molecule has 2 aromatic carbocycles. The Bertz CT molecular complexity index is 822. The van der Waals surface area contributed by atoms with Crippen LogP contribution in [-0.2, 0) is 4.79 Å². The minimum absolute atomic E-state index is 0.0130. The number of halogens is 1. The van der Waals surface area contributed by atoms with E-state index < -0.39 is 17.8 Å². The Kier molecular flexibility index (Phi) is 5.87. The predicted molar refractivity (Wildman–Crippen MR) is 100 cm³/mol. The fourth-order valence-electron chi connectivity index (χ4n) is 2.96. The van der Waals surface area contributed by atoms with Crippen molar-refractivity contribution >= 4 is 23.3 Å². The van der Waals surface area contributed by atoms with Crippen molar-refractivity contribution in [1.29, 1.82) is 0 Å². The Morgan fingerprint density at radius 1 is 1.00 bits per heavy atom. The molecule has 0 unspecified atom stereocenters. The lowest BCUT2D eigenvalue weighted by Crippen LogP contribution is -2.50. The highest BCUT2D eigenvalue weighted by molar-refractivity contribution is 6.01. The largest absolute Gasteiger partial charge is 0.506 e. The molecule has 1 fully saturated rings. The molecular weight excluding hydrogens is 351 g/mol. The van der Waals surface area contributed by atoms with E-state index in [4.69, 9.17) is 0 Å². The number of anilines is 2. The van der Waals surface area contributed by atoms with Crippen molar-refractivity contribution in [2.45, 2.75) is 0 Å². The first kappa shape index (κ1) is 18.7. The first-order valence-corrected chi connectivity index (χ1v) is 8.63. The average Bonchev–Trinajstić information content (AvgIpc) is 2.65. The molecule has 7 nitrogen and oxygen atoms in total. The van der Waals surface area contributed by atoms with Crippen molar-refractivity contribution in [2.75, 3.05) is 42.9 Å². The van der Waals surface area contributed by atoms with E-state index >= 15 is 0 Å². The molecule has 3 rings (SSSR count). The minimum atomic E-state index is -0.766. The number of carbonyl (C=O) groups excluding carboxylic acids is 2. The smallest absolute Gasteiger partial charge is 0.326 e. The summed E-state index contributed by atoms with van der Waals surface area (Å²) in [6.07, 6.45) is 0. The average molecular weight is 372 g/mol. The summed E-state index contributed by atoms with van der Waals surface area (Å²) >= 11 is 0. The van der Waals surface area contributed by atoms with Crippen LogP contribution in [0.4, 0.5) is 20.6 Å². The van der Waals surface area contributed by atoms with E-state index in [0.29, 0.717) is 26.2 Å². The number of hydrogen-bond donors (Lipinski definition) is 3. The van der Waals surface area contributed by atoms with Crippen molar-refractivity contribution in [2.24, 2.45) is 0 Å². The molecule has 0 saturated carbocycles. The lowest BCUT2D eigenvalue weighted by molar-refractivity contribution is -0.121. The Morgan fingerprint density at radius 3 is 2.37 bits per heavy atom. The second-order valence-corrected chi connectivity index (χ2v) is 6.23. The van der Waals surface area contributed by atoms with E-state index in [1.807, 2.05) is 17.0 Å². The van der Waals surface area contributed by atoms with Gasteiger partial charge in [-0.2, -0.15) is 0 Å². The number of nitrogens with zero attached hydrogens (tertiary/aromatic N) is 2. The van der Waals surface area contributed by atoms with Gasteiger partial charge in [-0.15, -0.1) is 0 Å². The second-order valence-electron chi connectivity index (χ2n) is 6.23. The van der Waals surface area contributed by atoms with Crippen LogP contribution in [0.1, 0.15) is 0 Å². The van der Waals surface area contributed by atoms with E-state index in [1.54, 1.807) is 18.2 Å². The van der Waals surface area contributed by atoms with Crippen LogP contribution >= 0.6 is 0 Å². The molecule has 2 aromatic rings. The first-order chi connectivity index (χ1) is 13.0. The molecule has 0 radical (unpaired) electrons. The van der Waals surface area contributed by atoms with Crippen molar-refractivity contribution in [3.05, 3.63) is 54.3 Å². The summed E-state index contributed by atoms with van der Waals surface area (Å²) in [6, 6.07) is 12.1. The minimum Gasteiger partial charge on any atom is -0.506 e. The van der Waals surface area contributed by atoms with Gasteiger partial charge in [-0.05, 0) is 24.3 Å². The van der Waals surface area contributed by atoms with Crippen LogP contribution in [0.25, 0.3) is 0 Å². The van der Waals surface area contributed by atoms with E-state index in [0.717, 1.165) is 5.69 Å². The van der Waals surface area contributed by atoms with E-state index in [-0.39, 0.29) is 18.0 Å². The van der Waals surface area contributed by atoms with E-state index in [1.165, 1.54) is 18.2 Å². The number of piperazine rings is 1. The van der Waals surface area contributed by atoms with Gasteiger partial charge >= 0.3 is 6.03 Å². The monoisotopic (exact) mass is 372 g/mol. The first-order valence-electron chi connectivity index (χ1n) is 8.63. The highest BCUT2D eigenvalue weighted by atomic mass is 19.1. The molecule has 0 aromatic heterocycles. The highest BCUT2D eigenvalue weighted by Gasteiger charge is 2.21. The summed E-state index contributed by atoms with van der Waals surface area (Å²) in [5.41, 5.74) is 0.782. The second kappa shape index (κ2) is 8.50. The SMILES string of the molecule is O=C(CN1CCN(c2ccccc2O)CC1)NC(=O)Nc1ccccc1F. The number of benzene rings is 2. The van der Waals surface area contributed by atoms with Crippen LogP contribution in [0.15, 0.2) is 48.5 Å². The van der Waals surface area contributed by atoms with Crippen LogP contribution in [0.3, 0.4) is 0 Å². The lowest BCUT2D eigenvalue weighted by Gasteiger charge is -2.35. The maximum absolute atomic E-state index is 13.5. The molecule has 8 heteroatoms. The van der Waals surface area contributed by atoms with Gasteiger partial charge in [0.25, 0.3) is 0 Å². The molecule has 0 spiro atoms. The molecule has 1 aliphatic rings. The van der Waals surface area contributed by atoms with Gasteiger partial charge in [0.1, 0.15) is 11.6 Å². The van der Waals surface area contributed by atoms with Crippen molar-refractivity contribution in [3.63, 3.8) is 0 Å². The Hall–Kier alpha value is -3.13. The Balaban J connectivity index is 1.45. The maximum atomic E-state index is 13.5. The lowest BCUT2D eigenvalue weighted by atomic mass is 10.2. The predicted octanol–water partition coefficient (Wildman–Crippen LogP) is 2.00. The van der Waals surface area contributed by atoms with E-state index in [2.05, 4.69) is 15.5 Å². The van der Waals surface area contributed by atoms with Crippen LogP contribution < -0.4 is 15.5 Å². The van der Waals surface area contributed by atoms with Crippen LogP contribution in [0.2, 0.25) is 0 Å². The number of hydrogen-bond acceptors (Lipinski definition) is 5. The van der Waals surface area contributed by atoms with Gasteiger partial charge in [0.2, 0.25) is 5.91 Å². The highest BCUT2D eigenvalue weighted by Crippen LogP contribution is 2.27. The molecule has 1 heterocycles. The normalized spacial score (nSPS) is 14.6. The number of carbonyl (C=O) groups is 2. The summed E-state index contributed by atoms with van der Waals surface area (Å²) in [6.45, 7) is 2.63. The van der Waals surface area contributed by atoms with E-state index in [9.17, 15) is 19.1 Å². The van der Waals surface area contributed by atoms with Gasteiger partial charge in [-0.1, -0.05) is 24.3 Å². The zero-order valence-corrected chi connectivity index (χ0v) is 14.7. The fraction of sp³-hybridized carbons (Fsp3) is 0.263. The number of rotatable bonds is 4. The van der Waals surface area contributed by atoms with Crippen molar-refractivity contribution in [3.8, 4) is 5.75 Å². The zero-order chi connectivity index (χ0) is 19.2. The number of nitrogens with one attached hydrogen (secondary N) is 2. The number of imide groups is 1. The summed E-state index contributed by atoms with van der Waals surface area (Å²) in [5.74, 6) is -0.797. The molecule has 0 atom stereocenters. The third-order valence-corrected chi connectivity index (χ3v) is 4.34. The molecule has 0 aliphatic carbocycles. The van der Waals surface area contributed by atoms with Crippen LogP contribution in [0.5, 0.6) is 5.75 Å². The summed E-state index contributed by atoms with van der Waals surface area (Å²) in [4.78, 5) is 27.8. The quantitative estimate of drug-likeness (QED) is 0.765. The van der Waals surface area contributed by atoms with Gasteiger partial charge in [-0.3, -0.25) is 15.0 Å². The topological polar surface area (TPSA) is 84.9 Å². The number of aromatic hydroxyl groups is 1. The number of urea groups is 1. The molecular formula is C19H21FN4O3. The summed E-state index contributed by atoms with van der Waals surface area (Å²) < 4.78 is 13.5. The fourth-order valence-corrected chi connectivity index (χ4v) is 2.96. The summed E-state index contributed by atoms with van der Waals surface area (Å²) in [7, 11) is 0. The van der Waals surface area contributed by atoms with Gasteiger partial charge in [0.05, 0.1) is 17.9 Å². The molecule has 1 saturated heterocycles. The molecule has 3 N–H and O–H groups in total. The van der Waals surface area contributed by atoms with Crippen molar-refractivity contribution < 1.29 is 19.1 Å². The third kappa shape index (κ3) is 4.95. The number of phenols is 1. The van der Waals surface area contributed by atoms with Gasteiger partial charge in [0.15, 0.2) is 0 Å². The van der Waals surface area contributed by atoms with Crippen LogP contribution in [0, 0.1) is 5.82 Å². The van der Waals surface area contributed by atoms with Gasteiger partial charge in [-0.25, -0.2) is 9.18 Å². The standard InChI is InChI=1S/C19H21FN4O3/c20-14-5-1-2-6-15(14)21-19(27)22-18(26)13-23-9-11-24(12-10-23)16-7-3-4-8-17(16)25/h1-8,25H,9-13H2,(H2,21,22,26,27). The summed E-state index contributed by atoms with van der Waals surface area (Å²) in [5, 5.41) is 14.4. The molecule has 0 bridgehead atoms. The number of para-hydroxylation sites is 3. The zero-order valence-electron chi connectivity index (χ0n) is 14.7. The van der Waals surface area contributed by atoms with Crippen molar-refractivity contribution in [1.82, 2.24) is 10.2 Å². The number of amides is 3. The molecule has 27 heavy (non-hydrogen) atoms. The number of phenolic OH excluding ortho intramolecular Hbond substituents is 1. The Morgan fingerprint density at radius 2 is 1.67 bits per heavy atom. The molecule has 1 aliphatic heterocycles.